The molecular weight excluding hydrogens is 412 g/mol. The molecule has 0 fully saturated rings. The van der Waals surface area contributed by atoms with E-state index in [-0.39, 0.29) is 12.2 Å². The lowest BCUT2D eigenvalue weighted by atomic mass is 9.99. The van der Waals surface area contributed by atoms with E-state index in [1.807, 2.05) is 96.8 Å². The molecule has 166 valence electrons. The van der Waals surface area contributed by atoms with Crippen molar-refractivity contribution in [3.63, 3.8) is 0 Å². The zero-order valence-electron chi connectivity index (χ0n) is 18.5. The Kier molecular flexibility index (Phi) is 6.69. The van der Waals surface area contributed by atoms with Crippen LogP contribution in [0, 0.1) is 6.92 Å². The summed E-state index contributed by atoms with van der Waals surface area (Å²) in [6.45, 7) is 2.59. The Hall–Kier alpha value is -4.12. The number of H-pyrrole nitrogens is 1. The van der Waals surface area contributed by atoms with E-state index in [9.17, 15) is 9.59 Å². The van der Waals surface area contributed by atoms with Crippen molar-refractivity contribution in [1.29, 1.82) is 0 Å². The molecule has 0 saturated heterocycles. The fourth-order valence-electron chi connectivity index (χ4n) is 3.86. The first-order valence-electron chi connectivity index (χ1n) is 10.9. The topological polar surface area (TPSA) is 75.1 Å². The van der Waals surface area contributed by atoms with Crippen LogP contribution in [-0.2, 0) is 17.8 Å². The third kappa shape index (κ3) is 5.39. The van der Waals surface area contributed by atoms with Crippen molar-refractivity contribution < 1.29 is 14.7 Å². The summed E-state index contributed by atoms with van der Waals surface area (Å²) in [4.78, 5) is 26.9. The smallest absolute Gasteiger partial charge is 0.303 e. The Balaban J connectivity index is 1.47. The number of hydrogen-bond donors (Lipinski definition) is 2. The number of allylic oxidation sites excluding steroid dienone is 1. The van der Waals surface area contributed by atoms with E-state index in [0.29, 0.717) is 24.2 Å². The lowest BCUT2D eigenvalue weighted by molar-refractivity contribution is -0.136. The van der Waals surface area contributed by atoms with Gasteiger partial charge in [0, 0.05) is 42.7 Å². The predicted molar refractivity (Wildman–Crippen MR) is 130 cm³/mol. The monoisotopic (exact) mass is 438 g/mol. The maximum Gasteiger partial charge on any atom is 0.303 e. The molecule has 0 spiro atoms. The van der Waals surface area contributed by atoms with Gasteiger partial charge in [-0.1, -0.05) is 60.2 Å². The molecule has 0 bridgehead atoms. The molecule has 5 heteroatoms. The Morgan fingerprint density at radius 3 is 2.64 bits per heavy atom. The fourth-order valence-corrected chi connectivity index (χ4v) is 3.86. The zero-order valence-corrected chi connectivity index (χ0v) is 18.5. The third-order valence-corrected chi connectivity index (χ3v) is 5.63. The van der Waals surface area contributed by atoms with Crippen LogP contribution >= 0.6 is 0 Å². The summed E-state index contributed by atoms with van der Waals surface area (Å²) >= 11 is 0. The van der Waals surface area contributed by atoms with Crippen LogP contribution in [0.1, 0.15) is 39.2 Å². The summed E-state index contributed by atoms with van der Waals surface area (Å²) in [5, 5.41) is 8.98. The number of nitrogens with one attached hydrogen (secondary N) is 1. The van der Waals surface area contributed by atoms with Gasteiger partial charge < -0.3 is 14.7 Å². The molecule has 0 amide bonds. The summed E-state index contributed by atoms with van der Waals surface area (Å²) in [6.07, 6.45) is 10.3. The highest BCUT2D eigenvalue weighted by Gasteiger charge is 2.12. The number of aromatic nitrogens is 2. The van der Waals surface area contributed by atoms with Gasteiger partial charge in [-0.3, -0.25) is 9.59 Å². The average molecular weight is 439 g/mol. The zero-order chi connectivity index (χ0) is 23.2. The normalized spacial score (nSPS) is 11.2. The van der Waals surface area contributed by atoms with Gasteiger partial charge in [0.25, 0.3) is 0 Å². The average Bonchev–Trinajstić information content (AvgIpc) is 3.47. The number of carbonyl (C=O) groups excluding carboxylic acids is 1. The SMILES string of the molecule is Cc1ccc(C(=O)c2cccn2C/C=C/c2cccc(-c3c[nH]cc3CCC(=O)O)c2)cc1. The Morgan fingerprint density at radius 2 is 1.85 bits per heavy atom. The maximum absolute atomic E-state index is 12.9. The van der Waals surface area contributed by atoms with Crippen LogP contribution in [0.3, 0.4) is 0 Å². The minimum atomic E-state index is -0.802. The van der Waals surface area contributed by atoms with Gasteiger partial charge in [-0.15, -0.1) is 0 Å². The lowest BCUT2D eigenvalue weighted by Gasteiger charge is -2.07. The number of carboxylic acids is 1. The van der Waals surface area contributed by atoms with Crippen molar-refractivity contribution in [1.82, 2.24) is 9.55 Å². The molecule has 0 atom stereocenters. The van der Waals surface area contributed by atoms with Crippen LogP contribution < -0.4 is 0 Å². The number of rotatable bonds is 9. The van der Waals surface area contributed by atoms with E-state index in [1.165, 1.54) is 0 Å². The van der Waals surface area contributed by atoms with Crippen molar-refractivity contribution in [2.45, 2.75) is 26.3 Å². The highest BCUT2D eigenvalue weighted by Crippen LogP contribution is 2.26. The molecule has 0 radical (unpaired) electrons. The van der Waals surface area contributed by atoms with Crippen molar-refractivity contribution in [2.75, 3.05) is 0 Å². The van der Waals surface area contributed by atoms with Crippen molar-refractivity contribution in [3.8, 4) is 11.1 Å². The summed E-state index contributed by atoms with van der Waals surface area (Å²) in [5.74, 6) is -0.791. The first-order chi connectivity index (χ1) is 16.0. The first kappa shape index (κ1) is 22.1. The minimum absolute atomic E-state index is 0.0109. The van der Waals surface area contributed by atoms with Gasteiger partial charge in [0.05, 0.1) is 5.69 Å². The summed E-state index contributed by atoms with van der Waals surface area (Å²) in [6, 6.07) is 19.5. The van der Waals surface area contributed by atoms with E-state index in [4.69, 9.17) is 5.11 Å². The van der Waals surface area contributed by atoms with E-state index < -0.39 is 5.97 Å². The number of benzene rings is 2. The Morgan fingerprint density at radius 1 is 1.03 bits per heavy atom. The van der Waals surface area contributed by atoms with Gasteiger partial charge in [-0.2, -0.15) is 0 Å². The fraction of sp³-hybridized carbons (Fsp3) is 0.143. The molecular formula is C28H26N2O3. The Labute approximate surface area is 193 Å². The molecule has 0 aliphatic rings. The second-order valence-corrected chi connectivity index (χ2v) is 8.06. The van der Waals surface area contributed by atoms with Gasteiger partial charge in [-0.25, -0.2) is 0 Å². The molecule has 2 aromatic carbocycles. The van der Waals surface area contributed by atoms with E-state index in [2.05, 4.69) is 11.1 Å². The molecule has 33 heavy (non-hydrogen) atoms. The number of nitrogens with zero attached hydrogens (tertiary/aromatic N) is 1. The standard InChI is InChI=1S/C28H26N2O3/c1-20-9-11-22(12-10-20)28(33)26-8-4-16-30(26)15-3-6-21-5-2-7-23(17-21)25-19-29-18-24(25)13-14-27(31)32/h2-12,16-19,29H,13-15H2,1H3,(H,31,32)/b6-3+. The van der Waals surface area contributed by atoms with E-state index >= 15 is 0 Å². The predicted octanol–water partition coefficient (Wildman–Crippen LogP) is 5.75. The maximum atomic E-state index is 12.9. The van der Waals surface area contributed by atoms with Crippen molar-refractivity contribution in [2.24, 2.45) is 0 Å². The molecule has 2 N–H and O–H groups in total. The number of carbonyl (C=O) groups is 2. The number of aryl methyl sites for hydroxylation is 2. The highest BCUT2D eigenvalue weighted by atomic mass is 16.4. The molecule has 4 rings (SSSR count). The minimum Gasteiger partial charge on any atom is -0.481 e. The van der Waals surface area contributed by atoms with Crippen LogP contribution in [0.25, 0.3) is 17.2 Å². The number of hydrogen-bond acceptors (Lipinski definition) is 2. The lowest BCUT2D eigenvalue weighted by Crippen LogP contribution is -2.09. The van der Waals surface area contributed by atoms with Crippen LogP contribution in [0.5, 0.6) is 0 Å². The second kappa shape index (κ2) is 10.0. The molecule has 2 heterocycles. The second-order valence-electron chi connectivity index (χ2n) is 8.06. The molecule has 4 aromatic rings. The highest BCUT2D eigenvalue weighted by molar-refractivity contribution is 6.08. The number of aromatic amines is 1. The van der Waals surface area contributed by atoms with Gasteiger partial charge >= 0.3 is 5.97 Å². The largest absolute Gasteiger partial charge is 0.481 e. The summed E-state index contributed by atoms with van der Waals surface area (Å²) in [5.41, 5.74) is 6.55. The van der Waals surface area contributed by atoms with Crippen molar-refractivity contribution >= 4 is 17.8 Å². The first-order valence-corrected chi connectivity index (χ1v) is 10.9. The third-order valence-electron chi connectivity index (χ3n) is 5.63. The molecule has 5 nitrogen and oxygen atoms in total. The number of carboxylic acid groups (broad SMARTS) is 1. The molecule has 0 unspecified atom stereocenters. The van der Waals surface area contributed by atoms with Crippen LogP contribution in [-0.4, -0.2) is 26.4 Å². The molecule has 0 aliphatic heterocycles. The Bertz CT molecular complexity index is 1290. The summed E-state index contributed by atoms with van der Waals surface area (Å²) < 4.78 is 1.94. The number of ketones is 1. The van der Waals surface area contributed by atoms with Crippen LogP contribution in [0.2, 0.25) is 0 Å². The summed E-state index contributed by atoms with van der Waals surface area (Å²) in [7, 11) is 0. The van der Waals surface area contributed by atoms with Crippen LogP contribution in [0.15, 0.2) is 85.3 Å². The molecule has 2 aromatic heterocycles. The van der Waals surface area contributed by atoms with Gasteiger partial charge in [0.2, 0.25) is 5.78 Å². The van der Waals surface area contributed by atoms with Crippen molar-refractivity contribution in [3.05, 3.63) is 113 Å². The quantitative estimate of drug-likeness (QED) is 0.327. The number of aliphatic carboxylic acids is 1. The molecule has 0 saturated carbocycles. The van der Waals surface area contributed by atoms with Gasteiger partial charge in [-0.05, 0) is 48.2 Å². The van der Waals surface area contributed by atoms with Gasteiger partial charge in [0.15, 0.2) is 0 Å². The van der Waals surface area contributed by atoms with Crippen LogP contribution in [0.4, 0.5) is 0 Å². The van der Waals surface area contributed by atoms with E-state index in [0.717, 1.165) is 27.8 Å². The molecule has 0 aliphatic carbocycles. The van der Waals surface area contributed by atoms with Gasteiger partial charge in [0.1, 0.15) is 0 Å². The van der Waals surface area contributed by atoms with E-state index in [1.54, 1.807) is 0 Å².